The Kier molecular flexibility index (Phi) is 4.23. The van der Waals surface area contributed by atoms with Crippen LogP contribution in [0.2, 0.25) is 0 Å². The van der Waals surface area contributed by atoms with Crippen LogP contribution in [0.1, 0.15) is 42.4 Å². The quantitative estimate of drug-likeness (QED) is 0.864. The van der Waals surface area contributed by atoms with Crippen molar-refractivity contribution in [1.29, 1.82) is 0 Å². The van der Waals surface area contributed by atoms with Crippen LogP contribution in [0.25, 0.3) is 0 Å². The van der Waals surface area contributed by atoms with Crippen molar-refractivity contribution in [3.63, 3.8) is 0 Å². The number of hydrogen-bond donors (Lipinski definition) is 2. The van der Waals surface area contributed by atoms with E-state index in [9.17, 15) is 5.11 Å². The second-order valence-corrected chi connectivity index (χ2v) is 6.90. The molecule has 1 aromatic heterocycles. The van der Waals surface area contributed by atoms with Crippen molar-refractivity contribution < 1.29 is 5.11 Å². The molecule has 0 bridgehead atoms. The summed E-state index contributed by atoms with van der Waals surface area (Å²) in [6.07, 6.45) is 4.22. The summed E-state index contributed by atoms with van der Waals surface area (Å²) < 4.78 is 0. The van der Waals surface area contributed by atoms with E-state index < -0.39 is 5.60 Å². The second-order valence-electron chi connectivity index (χ2n) is 5.52. The highest BCUT2D eigenvalue weighted by molar-refractivity contribution is 7.11. The second kappa shape index (κ2) is 5.51. The fraction of sp³-hybridized carbons (Fsp3) is 0.714. The molecule has 1 aromatic rings. The van der Waals surface area contributed by atoms with Gasteiger partial charge in [-0.3, -0.25) is 0 Å². The molecule has 1 aliphatic rings. The number of hydrogen-bond acceptors (Lipinski definition) is 3. The van der Waals surface area contributed by atoms with E-state index in [0.29, 0.717) is 0 Å². The monoisotopic (exact) mass is 253 g/mol. The Morgan fingerprint density at radius 2 is 2.12 bits per heavy atom. The van der Waals surface area contributed by atoms with Crippen LogP contribution < -0.4 is 5.32 Å². The van der Waals surface area contributed by atoms with Crippen LogP contribution in [-0.4, -0.2) is 17.3 Å². The molecular formula is C14H23NOS. The van der Waals surface area contributed by atoms with Gasteiger partial charge in [-0.2, -0.15) is 0 Å². The largest absolute Gasteiger partial charge is 0.389 e. The molecule has 1 heterocycles. The molecule has 2 rings (SSSR count). The molecule has 1 fully saturated rings. The van der Waals surface area contributed by atoms with Crippen LogP contribution in [0.3, 0.4) is 0 Å². The van der Waals surface area contributed by atoms with Crippen molar-refractivity contribution in [3.8, 4) is 0 Å². The van der Waals surface area contributed by atoms with Crippen molar-refractivity contribution in [3.05, 3.63) is 21.9 Å². The van der Waals surface area contributed by atoms with Crippen molar-refractivity contribution >= 4 is 11.3 Å². The zero-order valence-electron chi connectivity index (χ0n) is 10.8. The Bertz CT molecular complexity index is 353. The van der Waals surface area contributed by atoms with Crippen LogP contribution in [0.4, 0.5) is 0 Å². The number of aliphatic hydroxyl groups is 1. The van der Waals surface area contributed by atoms with Gasteiger partial charge in [0.05, 0.1) is 5.60 Å². The van der Waals surface area contributed by atoms with E-state index >= 15 is 0 Å². The Balaban J connectivity index is 1.74. The SMILES string of the molecule is Cc1ccc(CNCC2(O)CCC(C)CC2)s1. The molecule has 0 radical (unpaired) electrons. The summed E-state index contributed by atoms with van der Waals surface area (Å²) in [5.74, 6) is 0.787. The predicted octanol–water partition coefficient (Wildman–Crippen LogP) is 3.09. The van der Waals surface area contributed by atoms with E-state index in [1.54, 1.807) is 0 Å². The molecule has 17 heavy (non-hydrogen) atoms. The standard InChI is InChI=1S/C14H23NOS/c1-11-5-7-14(16,8-6-11)10-15-9-13-4-3-12(2)17-13/h3-4,11,15-16H,5-10H2,1-2H3. The summed E-state index contributed by atoms with van der Waals surface area (Å²) in [5, 5.41) is 13.8. The molecule has 0 aromatic carbocycles. The van der Waals surface area contributed by atoms with E-state index in [0.717, 1.165) is 44.7 Å². The van der Waals surface area contributed by atoms with Gasteiger partial charge >= 0.3 is 0 Å². The Labute approximate surface area is 108 Å². The van der Waals surface area contributed by atoms with Crippen LogP contribution >= 0.6 is 11.3 Å². The third kappa shape index (κ3) is 3.80. The molecule has 0 unspecified atom stereocenters. The van der Waals surface area contributed by atoms with Gasteiger partial charge in [-0.15, -0.1) is 11.3 Å². The van der Waals surface area contributed by atoms with Gasteiger partial charge in [0.2, 0.25) is 0 Å². The lowest BCUT2D eigenvalue weighted by molar-refractivity contribution is -0.00625. The molecule has 3 heteroatoms. The Hall–Kier alpha value is -0.380. The molecule has 2 nitrogen and oxygen atoms in total. The number of rotatable bonds is 4. The minimum absolute atomic E-state index is 0.460. The molecule has 0 saturated heterocycles. The Morgan fingerprint density at radius 3 is 2.71 bits per heavy atom. The highest BCUT2D eigenvalue weighted by Gasteiger charge is 2.31. The first kappa shape index (κ1) is 13.1. The molecule has 0 aliphatic heterocycles. The van der Waals surface area contributed by atoms with Crippen LogP contribution in [-0.2, 0) is 6.54 Å². The molecule has 2 N–H and O–H groups in total. The first-order valence-electron chi connectivity index (χ1n) is 6.56. The van der Waals surface area contributed by atoms with Crippen LogP contribution in [0.15, 0.2) is 12.1 Å². The minimum Gasteiger partial charge on any atom is -0.389 e. The average molecular weight is 253 g/mol. The first-order valence-corrected chi connectivity index (χ1v) is 7.37. The summed E-state index contributed by atoms with van der Waals surface area (Å²) in [6, 6.07) is 4.32. The fourth-order valence-corrected chi connectivity index (χ4v) is 3.33. The van der Waals surface area contributed by atoms with Gasteiger partial charge in [-0.05, 0) is 50.7 Å². The average Bonchev–Trinajstić information content (AvgIpc) is 2.69. The third-order valence-electron chi connectivity index (χ3n) is 3.75. The van der Waals surface area contributed by atoms with E-state index in [2.05, 4.69) is 31.3 Å². The van der Waals surface area contributed by atoms with Gasteiger partial charge < -0.3 is 10.4 Å². The van der Waals surface area contributed by atoms with E-state index in [1.807, 2.05) is 11.3 Å². The normalized spacial score (nSPS) is 29.5. The summed E-state index contributed by atoms with van der Waals surface area (Å²) in [7, 11) is 0. The molecule has 0 atom stereocenters. The molecule has 1 aliphatic carbocycles. The number of aryl methyl sites for hydroxylation is 1. The van der Waals surface area contributed by atoms with Crippen LogP contribution in [0, 0.1) is 12.8 Å². The van der Waals surface area contributed by atoms with Crippen molar-refractivity contribution in [2.45, 2.75) is 51.7 Å². The van der Waals surface area contributed by atoms with Gasteiger partial charge in [-0.1, -0.05) is 6.92 Å². The highest BCUT2D eigenvalue weighted by atomic mass is 32.1. The van der Waals surface area contributed by atoms with Gasteiger partial charge in [0, 0.05) is 22.8 Å². The summed E-state index contributed by atoms with van der Waals surface area (Å²) in [4.78, 5) is 2.71. The summed E-state index contributed by atoms with van der Waals surface area (Å²) >= 11 is 1.83. The highest BCUT2D eigenvalue weighted by Crippen LogP contribution is 2.31. The smallest absolute Gasteiger partial charge is 0.0771 e. The van der Waals surface area contributed by atoms with E-state index in [4.69, 9.17) is 0 Å². The lowest BCUT2D eigenvalue weighted by Gasteiger charge is -2.35. The number of thiophene rings is 1. The lowest BCUT2D eigenvalue weighted by Crippen LogP contribution is -2.43. The minimum atomic E-state index is -0.460. The first-order chi connectivity index (χ1) is 8.07. The summed E-state index contributed by atoms with van der Waals surface area (Å²) in [5.41, 5.74) is -0.460. The van der Waals surface area contributed by atoms with Crippen molar-refractivity contribution in [2.75, 3.05) is 6.54 Å². The van der Waals surface area contributed by atoms with Crippen molar-refractivity contribution in [2.24, 2.45) is 5.92 Å². The van der Waals surface area contributed by atoms with E-state index in [-0.39, 0.29) is 0 Å². The van der Waals surface area contributed by atoms with Gasteiger partial charge in [0.1, 0.15) is 0 Å². The molecule has 0 amide bonds. The molecule has 96 valence electrons. The van der Waals surface area contributed by atoms with Gasteiger partial charge in [0.25, 0.3) is 0 Å². The molecule has 0 spiro atoms. The van der Waals surface area contributed by atoms with Crippen LogP contribution in [0.5, 0.6) is 0 Å². The van der Waals surface area contributed by atoms with Gasteiger partial charge in [0.15, 0.2) is 0 Å². The summed E-state index contributed by atoms with van der Waals surface area (Å²) in [6.45, 7) is 6.03. The molecule has 1 saturated carbocycles. The zero-order chi connectivity index (χ0) is 12.3. The van der Waals surface area contributed by atoms with E-state index in [1.165, 1.54) is 9.75 Å². The predicted molar refractivity (Wildman–Crippen MR) is 73.3 cm³/mol. The fourth-order valence-electron chi connectivity index (χ4n) is 2.47. The number of nitrogens with one attached hydrogen (secondary N) is 1. The maximum absolute atomic E-state index is 10.4. The topological polar surface area (TPSA) is 32.3 Å². The molecular weight excluding hydrogens is 230 g/mol. The van der Waals surface area contributed by atoms with Crippen molar-refractivity contribution in [1.82, 2.24) is 5.32 Å². The third-order valence-corrected chi connectivity index (χ3v) is 4.75. The Morgan fingerprint density at radius 1 is 1.41 bits per heavy atom. The maximum Gasteiger partial charge on any atom is 0.0771 e. The maximum atomic E-state index is 10.4. The zero-order valence-corrected chi connectivity index (χ0v) is 11.6. The van der Waals surface area contributed by atoms with Gasteiger partial charge in [-0.25, -0.2) is 0 Å². The lowest BCUT2D eigenvalue weighted by atomic mass is 9.79.